The number of nitrogens with zero attached hydrogens (tertiary/aromatic N) is 1. The van der Waals surface area contributed by atoms with Gasteiger partial charge in [0.15, 0.2) is 0 Å². The molecule has 0 aliphatic carbocycles. The molecule has 0 bridgehead atoms. The summed E-state index contributed by atoms with van der Waals surface area (Å²) in [6.07, 6.45) is 4.09. The second-order valence-corrected chi connectivity index (χ2v) is 8.12. The molecule has 3 rings (SSSR count). The van der Waals surface area contributed by atoms with E-state index in [1.807, 2.05) is 0 Å². The van der Waals surface area contributed by atoms with Crippen LogP contribution in [0.2, 0.25) is 0 Å². The van der Waals surface area contributed by atoms with E-state index in [1.165, 1.54) is 22.5 Å². The van der Waals surface area contributed by atoms with Gasteiger partial charge in [0.05, 0.1) is 4.90 Å². The van der Waals surface area contributed by atoms with Crippen molar-refractivity contribution < 1.29 is 12.8 Å². The summed E-state index contributed by atoms with van der Waals surface area (Å²) < 4.78 is 40.3. The van der Waals surface area contributed by atoms with Gasteiger partial charge in [-0.1, -0.05) is 6.07 Å². The average molecular weight is 312 g/mol. The first-order valence-corrected chi connectivity index (χ1v) is 8.92. The molecular weight excluding hydrogens is 291 g/mol. The monoisotopic (exact) mass is 312 g/mol. The summed E-state index contributed by atoms with van der Waals surface area (Å²) in [6.45, 7) is 2.96. The van der Waals surface area contributed by atoms with Crippen LogP contribution in [0.3, 0.4) is 0 Å². The van der Waals surface area contributed by atoms with Crippen molar-refractivity contribution in [1.29, 1.82) is 0 Å². The fourth-order valence-electron chi connectivity index (χ4n) is 3.52. The van der Waals surface area contributed by atoms with E-state index in [0.29, 0.717) is 13.1 Å². The van der Waals surface area contributed by atoms with Crippen molar-refractivity contribution in [3.8, 4) is 0 Å². The number of nitrogens with one attached hydrogen (secondary N) is 1. The van der Waals surface area contributed by atoms with Gasteiger partial charge in [-0.3, -0.25) is 0 Å². The van der Waals surface area contributed by atoms with Crippen molar-refractivity contribution in [3.63, 3.8) is 0 Å². The predicted molar refractivity (Wildman–Crippen MR) is 78.9 cm³/mol. The Hall–Kier alpha value is -0.980. The largest absolute Gasteiger partial charge is 0.316 e. The van der Waals surface area contributed by atoms with Crippen LogP contribution in [0.4, 0.5) is 4.39 Å². The van der Waals surface area contributed by atoms with Gasteiger partial charge in [0.25, 0.3) is 0 Å². The second kappa shape index (κ2) is 5.66. The van der Waals surface area contributed by atoms with Crippen LogP contribution in [0.5, 0.6) is 0 Å². The highest BCUT2D eigenvalue weighted by Crippen LogP contribution is 2.37. The summed E-state index contributed by atoms with van der Waals surface area (Å²) in [5.41, 5.74) is 0.0525. The minimum atomic E-state index is -3.59. The maximum Gasteiger partial charge on any atom is 0.243 e. The summed E-state index contributed by atoms with van der Waals surface area (Å²) >= 11 is 0. The standard InChI is InChI=1S/C15H21FN2O2S/c16-13-4-1-5-14(10-13)21(19,20)18-9-3-7-15(12-18)6-2-8-17-11-15/h1,4-5,10,17H,2-3,6-9,11-12H2. The topological polar surface area (TPSA) is 49.4 Å². The molecule has 0 aromatic heterocycles. The van der Waals surface area contributed by atoms with Crippen molar-refractivity contribution in [1.82, 2.24) is 9.62 Å². The Balaban J connectivity index is 1.85. The SMILES string of the molecule is O=S(=O)(c1cccc(F)c1)N1CCCC2(CCCNC2)C1. The molecule has 0 radical (unpaired) electrons. The Morgan fingerprint density at radius 1 is 1.24 bits per heavy atom. The molecule has 2 saturated heterocycles. The molecule has 1 unspecified atom stereocenters. The zero-order valence-electron chi connectivity index (χ0n) is 12.0. The molecule has 116 valence electrons. The van der Waals surface area contributed by atoms with E-state index in [1.54, 1.807) is 0 Å². The first kappa shape index (κ1) is 14.9. The molecule has 0 saturated carbocycles. The van der Waals surface area contributed by atoms with Crippen LogP contribution < -0.4 is 5.32 Å². The summed E-state index contributed by atoms with van der Waals surface area (Å²) in [5.74, 6) is -0.512. The third kappa shape index (κ3) is 2.98. The van der Waals surface area contributed by atoms with Crippen molar-refractivity contribution in [2.45, 2.75) is 30.6 Å². The van der Waals surface area contributed by atoms with Gasteiger partial charge in [0.1, 0.15) is 5.82 Å². The normalized spacial score (nSPS) is 27.9. The van der Waals surface area contributed by atoms with Crippen LogP contribution >= 0.6 is 0 Å². The Kier molecular flexibility index (Phi) is 4.03. The average Bonchev–Trinajstić information content (AvgIpc) is 2.48. The minimum absolute atomic E-state index is 0.0525. The molecular formula is C15H21FN2O2S. The van der Waals surface area contributed by atoms with Gasteiger partial charge < -0.3 is 5.32 Å². The van der Waals surface area contributed by atoms with Crippen molar-refractivity contribution in [2.75, 3.05) is 26.2 Å². The lowest BCUT2D eigenvalue weighted by molar-refractivity contribution is 0.110. The van der Waals surface area contributed by atoms with E-state index < -0.39 is 15.8 Å². The number of piperidine rings is 2. The zero-order valence-corrected chi connectivity index (χ0v) is 12.8. The Morgan fingerprint density at radius 3 is 2.76 bits per heavy atom. The first-order valence-electron chi connectivity index (χ1n) is 7.48. The van der Waals surface area contributed by atoms with E-state index in [9.17, 15) is 12.8 Å². The molecule has 1 atom stereocenters. The quantitative estimate of drug-likeness (QED) is 0.908. The maximum absolute atomic E-state index is 13.3. The van der Waals surface area contributed by atoms with Crippen LogP contribution in [-0.4, -0.2) is 38.9 Å². The Morgan fingerprint density at radius 2 is 2.05 bits per heavy atom. The number of rotatable bonds is 2. The van der Waals surface area contributed by atoms with Gasteiger partial charge in [-0.15, -0.1) is 0 Å². The molecule has 2 fully saturated rings. The minimum Gasteiger partial charge on any atom is -0.316 e. The third-order valence-electron chi connectivity index (χ3n) is 4.62. The van der Waals surface area contributed by atoms with Gasteiger partial charge >= 0.3 is 0 Å². The van der Waals surface area contributed by atoms with Gasteiger partial charge in [0, 0.05) is 19.6 Å². The lowest BCUT2D eigenvalue weighted by atomic mass is 9.75. The maximum atomic E-state index is 13.3. The van der Waals surface area contributed by atoms with E-state index in [4.69, 9.17) is 0 Å². The number of hydrogen-bond acceptors (Lipinski definition) is 3. The molecule has 2 aliphatic heterocycles. The molecule has 2 aliphatic rings. The van der Waals surface area contributed by atoms with Gasteiger partial charge in [-0.2, -0.15) is 4.31 Å². The lowest BCUT2D eigenvalue weighted by Crippen LogP contribution is -2.52. The smallest absolute Gasteiger partial charge is 0.243 e. The Bertz CT molecular complexity index is 606. The number of sulfonamides is 1. The highest BCUT2D eigenvalue weighted by molar-refractivity contribution is 7.89. The Labute approximate surface area is 125 Å². The highest BCUT2D eigenvalue weighted by atomic mass is 32.2. The van der Waals surface area contributed by atoms with E-state index in [2.05, 4.69) is 5.32 Å². The number of halogens is 1. The van der Waals surface area contributed by atoms with Crippen LogP contribution in [0.15, 0.2) is 29.2 Å². The first-order chi connectivity index (χ1) is 10.0. The lowest BCUT2D eigenvalue weighted by Gasteiger charge is -2.44. The molecule has 6 heteroatoms. The van der Waals surface area contributed by atoms with Gasteiger partial charge in [0.2, 0.25) is 10.0 Å². The van der Waals surface area contributed by atoms with Crippen LogP contribution in [-0.2, 0) is 10.0 Å². The van der Waals surface area contributed by atoms with Crippen LogP contribution in [0.1, 0.15) is 25.7 Å². The molecule has 1 aromatic rings. The van der Waals surface area contributed by atoms with Gasteiger partial charge in [-0.05, 0) is 55.8 Å². The van der Waals surface area contributed by atoms with Crippen molar-refractivity contribution >= 4 is 10.0 Å². The van der Waals surface area contributed by atoms with Crippen LogP contribution in [0.25, 0.3) is 0 Å². The summed E-state index contributed by atoms with van der Waals surface area (Å²) in [5, 5.41) is 3.38. The predicted octanol–water partition coefficient (Wildman–Crippen LogP) is 1.98. The summed E-state index contributed by atoms with van der Waals surface area (Å²) in [7, 11) is -3.59. The van der Waals surface area contributed by atoms with Crippen molar-refractivity contribution in [2.24, 2.45) is 5.41 Å². The highest BCUT2D eigenvalue weighted by Gasteiger charge is 2.40. The second-order valence-electron chi connectivity index (χ2n) is 6.18. The molecule has 0 amide bonds. The zero-order chi connectivity index (χ0) is 14.9. The van der Waals surface area contributed by atoms with E-state index in [-0.39, 0.29) is 10.3 Å². The molecule has 1 aromatic carbocycles. The fraction of sp³-hybridized carbons (Fsp3) is 0.600. The van der Waals surface area contributed by atoms with Gasteiger partial charge in [-0.25, -0.2) is 12.8 Å². The summed E-state index contributed by atoms with van der Waals surface area (Å²) in [6, 6.07) is 5.29. The van der Waals surface area contributed by atoms with Crippen molar-refractivity contribution in [3.05, 3.63) is 30.1 Å². The molecule has 1 N–H and O–H groups in total. The molecule has 4 nitrogen and oxygen atoms in total. The van der Waals surface area contributed by atoms with Crippen LogP contribution in [0, 0.1) is 11.2 Å². The fourth-order valence-corrected chi connectivity index (χ4v) is 5.15. The number of hydrogen-bond donors (Lipinski definition) is 1. The van der Waals surface area contributed by atoms with E-state index >= 15 is 0 Å². The molecule has 21 heavy (non-hydrogen) atoms. The third-order valence-corrected chi connectivity index (χ3v) is 6.46. The van der Waals surface area contributed by atoms with E-state index in [0.717, 1.165) is 44.8 Å². The summed E-state index contributed by atoms with van der Waals surface area (Å²) in [4.78, 5) is 0.0586. The molecule has 2 heterocycles. The molecule has 1 spiro atoms. The number of benzene rings is 1.